The van der Waals surface area contributed by atoms with Crippen molar-refractivity contribution in [3.63, 3.8) is 0 Å². The Labute approximate surface area is 151 Å². The Balaban J connectivity index is 1.87. The number of ketones is 1. The Bertz CT molecular complexity index is 876. The van der Waals surface area contributed by atoms with Gasteiger partial charge >= 0.3 is 0 Å². The number of aromatic nitrogens is 1. The van der Waals surface area contributed by atoms with Crippen LogP contribution in [0, 0.1) is 0 Å². The molecule has 0 radical (unpaired) electrons. The van der Waals surface area contributed by atoms with Gasteiger partial charge in [0.15, 0.2) is 5.78 Å². The highest BCUT2D eigenvalue weighted by molar-refractivity contribution is 6.30. The van der Waals surface area contributed by atoms with Crippen LogP contribution in [0.5, 0.6) is 0 Å². The molecule has 5 heteroatoms. The van der Waals surface area contributed by atoms with Crippen molar-refractivity contribution in [3.05, 3.63) is 70.6 Å². The summed E-state index contributed by atoms with van der Waals surface area (Å²) in [5.41, 5.74) is 3.23. The molecule has 2 heterocycles. The molecule has 2 aromatic rings. The molecule has 0 spiro atoms. The van der Waals surface area contributed by atoms with Gasteiger partial charge in [0.05, 0.1) is 11.9 Å². The standard InChI is InChI=1S/C20H17ClN2O2/c21-14-5-1-4-13(10-14)16-11-19(25)23(15-6-3-9-22-12-15)17-7-2-8-18(24)20(16)17/h1,3-6,9-10,12,16H,2,7-8,11H2. The molecular formula is C20H17ClN2O2. The van der Waals surface area contributed by atoms with Crippen molar-refractivity contribution in [2.24, 2.45) is 0 Å². The summed E-state index contributed by atoms with van der Waals surface area (Å²) in [6.45, 7) is 0. The molecule has 1 aromatic heterocycles. The molecule has 0 fully saturated rings. The van der Waals surface area contributed by atoms with Crippen LogP contribution >= 0.6 is 11.6 Å². The summed E-state index contributed by atoms with van der Waals surface area (Å²) in [4.78, 5) is 31.5. The quantitative estimate of drug-likeness (QED) is 0.811. The number of halogens is 1. The maximum absolute atomic E-state index is 12.9. The monoisotopic (exact) mass is 352 g/mol. The Morgan fingerprint density at radius 2 is 2.00 bits per heavy atom. The van der Waals surface area contributed by atoms with Gasteiger partial charge in [-0.25, -0.2) is 0 Å². The van der Waals surface area contributed by atoms with E-state index in [1.807, 2.05) is 24.3 Å². The number of hydrogen-bond donors (Lipinski definition) is 0. The van der Waals surface area contributed by atoms with Gasteiger partial charge in [0.25, 0.3) is 0 Å². The Kier molecular flexibility index (Phi) is 4.14. The molecule has 0 saturated carbocycles. The average molecular weight is 353 g/mol. The first-order chi connectivity index (χ1) is 12.1. The average Bonchev–Trinajstić information content (AvgIpc) is 2.62. The van der Waals surface area contributed by atoms with E-state index >= 15 is 0 Å². The van der Waals surface area contributed by atoms with Crippen molar-refractivity contribution in [1.82, 2.24) is 4.98 Å². The molecule has 4 rings (SSSR count). The van der Waals surface area contributed by atoms with E-state index in [1.165, 1.54) is 0 Å². The van der Waals surface area contributed by atoms with Gasteiger partial charge in [-0.2, -0.15) is 0 Å². The minimum atomic E-state index is -0.220. The van der Waals surface area contributed by atoms with E-state index in [9.17, 15) is 9.59 Å². The van der Waals surface area contributed by atoms with E-state index in [-0.39, 0.29) is 24.0 Å². The van der Waals surface area contributed by atoms with E-state index in [1.54, 1.807) is 29.4 Å². The SMILES string of the molecule is O=C1CCCC2=C1C(c1cccc(Cl)c1)CC(=O)N2c1cccnc1. The zero-order valence-corrected chi connectivity index (χ0v) is 14.4. The van der Waals surface area contributed by atoms with Crippen LogP contribution in [-0.4, -0.2) is 16.7 Å². The van der Waals surface area contributed by atoms with E-state index in [0.29, 0.717) is 11.4 Å². The second-order valence-electron chi connectivity index (χ2n) is 6.39. The first-order valence-corrected chi connectivity index (χ1v) is 8.77. The second kappa shape index (κ2) is 6.45. The molecule has 1 aromatic carbocycles. The minimum Gasteiger partial charge on any atom is -0.294 e. The number of carbonyl (C=O) groups is 2. The van der Waals surface area contributed by atoms with Crippen LogP contribution in [0.25, 0.3) is 0 Å². The molecule has 0 N–H and O–H groups in total. The maximum Gasteiger partial charge on any atom is 0.232 e. The van der Waals surface area contributed by atoms with Gasteiger partial charge in [0.2, 0.25) is 5.91 Å². The zero-order chi connectivity index (χ0) is 17.4. The number of anilines is 1. The molecule has 0 saturated heterocycles. The smallest absolute Gasteiger partial charge is 0.232 e. The number of Topliss-reactive ketones (excluding diaryl/α,β-unsaturated/α-hetero) is 1. The van der Waals surface area contributed by atoms with Crippen LogP contribution in [0.4, 0.5) is 5.69 Å². The van der Waals surface area contributed by atoms with E-state index < -0.39 is 0 Å². The fourth-order valence-electron chi connectivity index (χ4n) is 3.79. The summed E-state index contributed by atoms with van der Waals surface area (Å²) in [5.74, 6) is -0.0963. The van der Waals surface area contributed by atoms with Crippen LogP contribution in [-0.2, 0) is 9.59 Å². The van der Waals surface area contributed by atoms with Crippen molar-refractivity contribution in [1.29, 1.82) is 0 Å². The predicted molar refractivity (Wildman–Crippen MR) is 96.4 cm³/mol. The number of carbonyl (C=O) groups excluding carboxylic acids is 2. The molecule has 2 aliphatic rings. The van der Waals surface area contributed by atoms with Crippen molar-refractivity contribution in [2.45, 2.75) is 31.6 Å². The Hall–Kier alpha value is -2.46. The molecule has 1 amide bonds. The summed E-state index contributed by atoms with van der Waals surface area (Å²) < 4.78 is 0. The first-order valence-electron chi connectivity index (χ1n) is 8.40. The van der Waals surface area contributed by atoms with Gasteiger partial charge < -0.3 is 0 Å². The lowest BCUT2D eigenvalue weighted by atomic mass is 9.77. The highest BCUT2D eigenvalue weighted by atomic mass is 35.5. The van der Waals surface area contributed by atoms with Gasteiger partial charge in [0, 0.05) is 41.2 Å². The van der Waals surface area contributed by atoms with Crippen LogP contribution in [0.15, 0.2) is 60.1 Å². The largest absolute Gasteiger partial charge is 0.294 e. The van der Waals surface area contributed by atoms with Crippen molar-refractivity contribution >= 4 is 29.0 Å². The lowest BCUT2D eigenvalue weighted by molar-refractivity contribution is -0.119. The third kappa shape index (κ3) is 2.87. The number of nitrogens with zero attached hydrogens (tertiary/aromatic N) is 2. The third-order valence-electron chi connectivity index (χ3n) is 4.83. The fourth-order valence-corrected chi connectivity index (χ4v) is 3.99. The summed E-state index contributed by atoms with van der Waals surface area (Å²) in [6.07, 6.45) is 5.63. The van der Waals surface area contributed by atoms with Gasteiger partial charge in [-0.1, -0.05) is 23.7 Å². The molecule has 1 aliphatic heterocycles. The summed E-state index contributed by atoms with van der Waals surface area (Å²) in [6, 6.07) is 11.1. The minimum absolute atomic E-state index is 0.00794. The number of rotatable bonds is 2. The molecule has 4 nitrogen and oxygen atoms in total. The van der Waals surface area contributed by atoms with Crippen LogP contribution in [0.1, 0.15) is 37.2 Å². The van der Waals surface area contributed by atoms with Gasteiger partial charge in [-0.05, 0) is 42.7 Å². The van der Waals surface area contributed by atoms with Crippen molar-refractivity contribution < 1.29 is 9.59 Å². The number of amides is 1. The van der Waals surface area contributed by atoms with E-state index in [4.69, 9.17) is 11.6 Å². The van der Waals surface area contributed by atoms with Crippen molar-refractivity contribution in [3.8, 4) is 0 Å². The summed E-state index contributed by atoms with van der Waals surface area (Å²) in [7, 11) is 0. The predicted octanol–water partition coefficient (Wildman–Crippen LogP) is 4.26. The third-order valence-corrected chi connectivity index (χ3v) is 5.07. The normalized spacial score (nSPS) is 20.7. The molecular weight excluding hydrogens is 336 g/mol. The molecule has 1 atom stereocenters. The van der Waals surface area contributed by atoms with Gasteiger partial charge in [0.1, 0.15) is 0 Å². The molecule has 126 valence electrons. The highest BCUT2D eigenvalue weighted by Crippen LogP contribution is 2.43. The van der Waals surface area contributed by atoms with Crippen LogP contribution in [0.2, 0.25) is 5.02 Å². The molecule has 1 aliphatic carbocycles. The van der Waals surface area contributed by atoms with Crippen LogP contribution in [0.3, 0.4) is 0 Å². The number of pyridine rings is 1. The fraction of sp³-hybridized carbons (Fsp3) is 0.250. The molecule has 0 bridgehead atoms. The number of allylic oxidation sites excluding steroid dienone is 2. The Morgan fingerprint density at radius 1 is 1.12 bits per heavy atom. The highest BCUT2D eigenvalue weighted by Gasteiger charge is 2.39. The lowest BCUT2D eigenvalue weighted by Crippen LogP contribution is -2.40. The zero-order valence-electron chi connectivity index (χ0n) is 13.6. The number of benzene rings is 1. The van der Waals surface area contributed by atoms with Gasteiger partial charge in [-0.3, -0.25) is 19.5 Å². The first kappa shape index (κ1) is 16.0. The molecule has 25 heavy (non-hydrogen) atoms. The van der Waals surface area contributed by atoms with Gasteiger partial charge in [-0.15, -0.1) is 0 Å². The van der Waals surface area contributed by atoms with E-state index in [0.717, 1.165) is 35.4 Å². The summed E-state index contributed by atoms with van der Waals surface area (Å²) >= 11 is 6.13. The molecule has 1 unspecified atom stereocenters. The van der Waals surface area contributed by atoms with E-state index in [2.05, 4.69) is 4.98 Å². The topological polar surface area (TPSA) is 50.3 Å². The maximum atomic E-state index is 12.9. The summed E-state index contributed by atoms with van der Waals surface area (Å²) in [5, 5.41) is 0.616. The van der Waals surface area contributed by atoms with Crippen LogP contribution < -0.4 is 4.90 Å². The lowest BCUT2D eigenvalue weighted by Gasteiger charge is -2.38. The van der Waals surface area contributed by atoms with Crippen molar-refractivity contribution in [2.75, 3.05) is 4.90 Å². The second-order valence-corrected chi connectivity index (χ2v) is 6.83. The Morgan fingerprint density at radius 3 is 2.76 bits per heavy atom. The number of hydrogen-bond acceptors (Lipinski definition) is 3.